The van der Waals surface area contributed by atoms with E-state index in [9.17, 15) is 8.42 Å². The lowest BCUT2D eigenvalue weighted by molar-refractivity contribution is 0.149. The van der Waals surface area contributed by atoms with Crippen LogP contribution in [0.25, 0.3) is 0 Å². The van der Waals surface area contributed by atoms with Gasteiger partial charge in [0.2, 0.25) is 0 Å². The number of nitrogens with one attached hydrogen (secondary N) is 1. The van der Waals surface area contributed by atoms with Gasteiger partial charge in [-0.2, -0.15) is 13.1 Å². The van der Waals surface area contributed by atoms with E-state index in [0.29, 0.717) is 12.8 Å². The number of hydrogen-bond acceptors (Lipinski definition) is 4. The molecule has 0 radical (unpaired) electrons. The SMILES string of the molecule is COc1ccc(C2CC(CCc3ccccc3)OS(=O)(=O)N2)cc1. The Kier molecular flexibility index (Phi) is 5.18. The van der Waals surface area contributed by atoms with Crippen LogP contribution in [0, 0.1) is 0 Å². The second-order valence-corrected chi connectivity index (χ2v) is 7.21. The van der Waals surface area contributed by atoms with Crippen LogP contribution in [0.5, 0.6) is 5.75 Å². The molecule has 0 aliphatic carbocycles. The van der Waals surface area contributed by atoms with Crippen molar-refractivity contribution >= 4 is 10.3 Å². The highest BCUT2D eigenvalue weighted by Crippen LogP contribution is 2.29. The first-order valence-electron chi connectivity index (χ1n) is 7.94. The number of ether oxygens (including phenoxy) is 1. The molecule has 0 bridgehead atoms. The monoisotopic (exact) mass is 347 g/mol. The van der Waals surface area contributed by atoms with Crippen LogP contribution in [0.3, 0.4) is 0 Å². The zero-order chi connectivity index (χ0) is 17.0. The summed E-state index contributed by atoms with van der Waals surface area (Å²) in [5, 5.41) is 0. The molecular weight excluding hydrogens is 326 g/mol. The fraction of sp³-hybridized carbons (Fsp3) is 0.333. The van der Waals surface area contributed by atoms with Gasteiger partial charge in [-0.25, -0.2) is 0 Å². The number of hydrogen-bond donors (Lipinski definition) is 1. The van der Waals surface area contributed by atoms with E-state index in [1.165, 1.54) is 5.56 Å². The van der Waals surface area contributed by atoms with Gasteiger partial charge in [0.1, 0.15) is 5.75 Å². The summed E-state index contributed by atoms with van der Waals surface area (Å²) in [6.45, 7) is 0. The Morgan fingerprint density at radius 1 is 1.12 bits per heavy atom. The van der Waals surface area contributed by atoms with Crippen LogP contribution < -0.4 is 9.46 Å². The zero-order valence-electron chi connectivity index (χ0n) is 13.5. The Labute approximate surface area is 142 Å². The molecule has 0 aromatic heterocycles. The van der Waals surface area contributed by atoms with Crippen molar-refractivity contribution in [2.45, 2.75) is 31.4 Å². The fourth-order valence-electron chi connectivity index (χ4n) is 2.91. The van der Waals surface area contributed by atoms with E-state index in [2.05, 4.69) is 4.72 Å². The first-order chi connectivity index (χ1) is 11.6. The molecule has 5 nitrogen and oxygen atoms in total. The lowest BCUT2D eigenvalue weighted by Crippen LogP contribution is -2.41. The van der Waals surface area contributed by atoms with Crippen molar-refractivity contribution in [3.8, 4) is 5.75 Å². The van der Waals surface area contributed by atoms with Crippen LogP contribution >= 0.6 is 0 Å². The second-order valence-electron chi connectivity index (χ2n) is 5.88. The van der Waals surface area contributed by atoms with E-state index >= 15 is 0 Å². The summed E-state index contributed by atoms with van der Waals surface area (Å²) in [5.74, 6) is 0.745. The smallest absolute Gasteiger partial charge is 0.336 e. The third-order valence-electron chi connectivity index (χ3n) is 4.16. The van der Waals surface area contributed by atoms with Gasteiger partial charge in [-0.05, 0) is 42.5 Å². The van der Waals surface area contributed by atoms with Gasteiger partial charge in [-0.15, -0.1) is 0 Å². The van der Waals surface area contributed by atoms with Gasteiger partial charge >= 0.3 is 10.3 Å². The van der Waals surface area contributed by atoms with Gasteiger partial charge in [-0.3, -0.25) is 4.18 Å². The summed E-state index contributed by atoms with van der Waals surface area (Å²) in [7, 11) is -2.13. The molecule has 1 heterocycles. The lowest BCUT2D eigenvalue weighted by atomic mass is 9.97. The van der Waals surface area contributed by atoms with Crippen molar-refractivity contribution in [1.82, 2.24) is 4.72 Å². The average molecular weight is 347 g/mol. The molecule has 1 aliphatic heterocycles. The molecule has 2 aromatic carbocycles. The molecule has 128 valence electrons. The Morgan fingerprint density at radius 3 is 2.50 bits per heavy atom. The van der Waals surface area contributed by atoms with Crippen molar-refractivity contribution in [2.75, 3.05) is 7.11 Å². The second kappa shape index (κ2) is 7.34. The lowest BCUT2D eigenvalue weighted by Gasteiger charge is -2.30. The first-order valence-corrected chi connectivity index (χ1v) is 9.35. The zero-order valence-corrected chi connectivity index (χ0v) is 14.3. The van der Waals surface area contributed by atoms with Crippen LogP contribution in [0.15, 0.2) is 54.6 Å². The third kappa shape index (κ3) is 4.35. The molecule has 0 spiro atoms. The maximum absolute atomic E-state index is 12.0. The number of benzene rings is 2. The van der Waals surface area contributed by atoms with E-state index in [0.717, 1.165) is 17.7 Å². The Morgan fingerprint density at radius 2 is 1.83 bits per heavy atom. The predicted molar refractivity (Wildman–Crippen MR) is 92.0 cm³/mol. The van der Waals surface area contributed by atoms with Crippen LogP contribution in [0.2, 0.25) is 0 Å². The number of aryl methyl sites for hydroxylation is 1. The summed E-state index contributed by atoms with van der Waals surface area (Å²) < 4.78 is 37.0. The highest BCUT2D eigenvalue weighted by atomic mass is 32.2. The third-order valence-corrected chi connectivity index (χ3v) is 5.26. The maximum atomic E-state index is 12.0. The first kappa shape index (κ1) is 17.0. The van der Waals surface area contributed by atoms with E-state index in [-0.39, 0.29) is 12.1 Å². The molecule has 6 heteroatoms. The molecule has 2 aromatic rings. The average Bonchev–Trinajstić information content (AvgIpc) is 2.60. The van der Waals surface area contributed by atoms with Crippen LogP contribution in [0.4, 0.5) is 0 Å². The Balaban J connectivity index is 1.69. The molecule has 1 aliphatic rings. The number of methoxy groups -OCH3 is 1. The summed E-state index contributed by atoms with van der Waals surface area (Å²) in [5.41, 5.74) is 2.09. The quantitative estimate of drug-likeness (QED) is 0.903. The van der Waals surface area contributed by atoms with Crippen molar-refractivity contribution in [3.05, 3.63) is 65.7 Å². The standard InChI is InChI=1S/C18H21NO4S/c1-22-16-11-8-15(9-12-16)18-13-17(23-24(20,21)19-18)10-7-14-5-3-2-4-6-14/h2-6,8-9,11-12,17-19H,7,10,13H2,1H3. The molecule has 2 atom stereocenters. The molecule has 1 fully saturated rings. The normalized spacial score (nSPS) is 22.9. The molecule has 24 heavy (non-hydrogen) atoms. The molecule has 2 unspecified atom stereocenters. The summed E-state index contributed by atoms with van der Waals surface area (Å²) in [4.78, 5) is 0. The predicted octanol–water partition coefficient (Wildman–Crippen LogP) is 2.99. The molecule has 1 N–H and O–H groups in total. The molecule has 0 amide bonds. The van der Waals surface area contributed by atoms with Crippen LogP contribution in [0.1, 0.15) is 30.0 Å². The van der Waals surface area contributed by atoms with Gasteiger partial charge in [0.15, 0.2) is 0 Å². The highest BCUT2D eigenvalue weighted by molar-refractivity contribution is 7.84. The largest absolute Gasteiger partial charge is 0.497 e. The van der Waals surface area contributed by atoms with Crippen LogP contribution in [-0.2, 0) is 20.9 Å². The summed E-state index contributed by atoms with van der Waals surface area (Å²) in [6, 6.07) is 17.1. The minimum absolute atomic E-state index is 0.282. The fourth-order valence-corrected chi connectivity index (χ4v) is 4.08. The van der Waals surface area contributed by atoms with E-state index < -0.39 is 10.3 Å². The maximum Gasteiger partial charge on any atom is 0.336 e. The van der Waals surface area contributed by atoms with Crippen LogP contribution in [-0.4, -0.2) is 21.6 Å². The van der Waals surface area contributed by atoms with Crippen molar-refractivity contribution in [2.24, 2.45) is 0 Å². The van der Waals surface area contributed by atoms with Crippen molar-refractivity contribution < 1.29 is 17.3 Å². The summed E-state index contributed by atoms with van der Waals surface area (Å²) >= 11 is 0. The number of rotatable bonds is 5. The van der Waals surface area contributed by atoms with Gasteiger partial charge in [0.05, 0.1) is 19.3 Å². The molecule has 3 rings (SSSR count). The minimum atomic E-state index is -3.73. The molecule has 0 saturated carbocycles. The van der Waals surface area contributed by atoms with E-state index in [1.807, 2.05) is 54.6 Å². The van der Waals surface area contributed by atoms with Gasteiger partial charge in [0.25, 0.3) is 0 Å². The van der Waals surface area contributed by atoms with E-state index in [4.69, 9.17) is 8.92 Å². The van der Waals surface area contributed by atoms with Gasteiger partial charge in [0, 0.05) is 0 Å². The molecular formula is C18H21NO4S. The summed E-state index contributed by atoms with van der Waals surface area (Å²) in [6.07, 6.45) is 1.73. The highest BCUT2D eigenvalue weighted by Gasteiger charge is 2.32. The van der Waals surface area contributed by atoms with Crippen molar-refractivity contribution in [3.63, 3.8) is 0 Å². The molecule has 1 saturated heterocycles. The van der Waals surface area contributed by atoms with Crippen molar-refractivity contribution in [1.29, 1.82) is 0 Å². The topological polar surface area (TPSA) is 64.6 Å². The minimum Gasteiger partial charge on any atom is -0.497 e. The van der Waals surface area contributed by atoms with Gasteiger partial charge in [-0.1, -0.05) is 42.5 Å². The Hall–Kier alpha value is -1.89. The Bertz CT molecular complexity index is 759. The van der Waals surface area contributed by atoms with E-state index in [1.54, 1.807) is 7.11 Å². The van der Waals surface area contributed by atoms with Gasteiger partial charge < -0.3 is 4.74 Å².